The predicted molar refractivity (Wildman–Crippen MR) is 62.4 cm³/mol. The SMILES string of the molecule is FC(F)Oc1cccc(CNc2cnccn2)c1. The van der Waals surface area contributed by atoms with Crippen LogP contribution in [0.2, 0.25) is 0 Å². The number of nitrogens with zero attached hydrogens (tertiary/aromatic N) is 2. The van der Waals surface area contributed by atoms with Gasteiger partial charge >= 0.3 is 6.61 Å². The summed E-state index contributed by atoms with van der Waals surface area (Å²) in [5, 5.41) is 3.02. The summed E-state index contributed by atoms with van der Waals surface area (Å²) in [5.74, 6) is 0.765. The molecular weight excluding hydrogens is 240 g/mol. The Morgan fingerprint density at radius 1 is 1.28 bits per heavy atom. The summed E-state index contributed by atoms with van der Waals surface area (Å²) in [7, 11) is 0. The second kappa shape index (κ2) is 5.90. The highest BCUT2D eigenvalue weighted by atomic mass is 19.3. The van der Waals surface area contributed by atoms with Crippen molar-refractivity contribution in [1.82, 2.24) is 9.97 Å². The summed E-state index contributed by atoms with van der Waals surface area (Å²) < 4.78 is 28.4. The first-order valence-corrected chi connectivity index (χ1v) is 5.27. The monoisotopic (exact) mass is 251 g/mol. The van der Waals surface area contributed by atoms with Crippen LogP contribution in [-0.2, 0) is 6.54 Å². The van der Waals surface area contributed by atoms with Crippen LogP contribution in [0.4, 0.5) is 14.6 Å². The molecule has 18 heavy (non-hydrogen) atoms. The molecule has 0 aliphatic heterocycles. The van der Waals surface area contributed by atoms with Crippen molar-refractivity contribution < 1.29 is 13.5 Å². The fourth-order valence-corrected chi connectivity index (χ4v) is 1.41. The van der Waals surface area contributed by atoms with Crippen molar-refractivity contribution in [3.8, 4) is 5.75 Å². The van der Waals surface area contributed by atoms with Gasteiger partial charge in [0.2, 0.25) is 0 Å². The number of rotatable bonds is 5. The van der Waals surface area contributed by atoms with Crippen LogP contribution in [0, 0.1) is 0 Å². The molecule has 1 aromatic carbocycles. The number of benzene rings is 1. The molecule has 0 aliphatic carbocycles. The number of hydrogen-bond acceptors (Lipinski definition) is 4. The number of hydrogen-bond donors (Lipinski definition) is 1. The normalized spacial score (nSPS) is 10.4. The van der Waals surface area contributed by atoms with E-state index in [0.29, 0.717) is 12.4 Å². The molecule has 2 rings (SSSR count). The van der Waals surface area contributed by atoms with E-state index in [1.165, 1.54) is 6.07 Å². The number of alkyl halides is 2. The maximum Gasteiger partial charge on any atom is 0.387 e. The molecule has 0 fully saturated rings. The molecule has 0 atom stereocenters. The van der Waals surface area contributed by atoms with E-state index in [2.05, 4.69) is 20.0 Å². The second-order valence-electron chi connectivity index (χ2n) is 3.47. The molecule has 0 spiro atoms. The molecule has 0 bridgehead atoms. The van der Waals surface area contributed by atoms with Gasteiger partial charge in [0, 0.05) is 18.9 Å². The third kappa shape index (κ3) is 3.65. The van der Waals surface area contributed by atoms with Crippen LogP contribution in [0.15, 0.2) is 42.9 Å². The molecular formula is C12H11F2N3O. The minimum Gasteiger partial charge on any atom is -0.435 e. The van der Waals surface area contributed by atoms with Crippen molar-refractivity contribution in [1.29, 1.82) is 0 Å². The minimum atomic E-state index is -2.81. The molecule has 6 heteroatoms. The van der Waals surface area contributed by atoms with Crippen molar-refractivity contribution in [3.63, 3.8) is 0 Å². The Morgan fingerprint density at radius 3 is 2.89 bits per heavy atom. The lowest BCUT2D eigenvalue weighted by atomic mass is 10.2. The third-order valence-corrected chi connectivity index (χ3v) is 2.16. The maximum absolute atomic E-state index is 12.0. The molecule has 0 radical (unpaired) electrons. The lowest BCUT2D eigenvalue weighted by molar-refractivity contribution is -0.0498. The van der Waals surface area contributed by atoms with Gasteiger partial charge < -0.3 is 10.1 Å². The first kappa shape index (κ1) is 12.2. The van der Waals surface area contributed by atoms with Gasteiger partial charge in [-0.15, -0.1) is 0 Å². The average molecular weight is 251 g/mol. The highest BCUT2D eigenvalue weighted by Crippen LogP contribution is 2.16. The highest BCUT2D eigenvalue weighted by molar-refractivity contribution is 5.34. The van der Waals surface area contributed by atoms with Crippen molar-refractivity contribution in [2.45, 2.75) is 13.2 Å². The zero-order chi connectivity index (χ0) is 12.8. The van der Waals surface area contributed by atoms with E-state index < -0.39 is 6.61 Å². The molecule has 0 amide bonds. The predicted octanol–water partition coefficient (Wildman–Crippen LogP) is 2.69. The summed E-state index contributed by atoms with van der Waals surface area (Å²) in [5.41, 5.74) is 0.818. The van der Waals surface area contributed by atoms with Crippen molar-refractivity contribution in [2.75, 3.05) is 5.32 Å². The van der Waals surface area contributed by atoms with Gasteiger partial charge in [-0.25, -0.2) is 4.98 Å². The smallest absolute Gasteiger partial charge is 0.387 e. The molecule has 94 valence electrons. The molecule has 1 aromatic heterocycles. The number of aromatic nitrogens is 2. The van der Waals surface area contributed by atoms with E-state index in [4.69, 9.17) is 0 Å². The maximum atomic E-state index is 12.0. The molecule has 2 aromatic rings. The van der Waals surface area contributed by atoms with Crippen LogP contribution < -0.4 is 10.1 Å². The Balaban J connectivity index is 1.97. The zero-order valence-electron chi connectivity index (χ0n) is 9.38. The van der Waals surface area contributed by atoms with E-state index in [9.17, 15) is 8.78 Å². The average Bonchev–Trinajstić information content (AvgIpc) is 2.37. The number of nitrogens with one attached hydrogen (secondary N) is 1. The van der Waals surface area contributed by atoms with Gasteiger partial charge in [0.25, 0.3) is 0 Å². The third-order valence-electron chi connectivity index (χ3n) is 2.16. The topological polar surface area (TPSA) is 47.0 Å². The summed E-state index contributed by atoms with van der Waals surface area (Å²) in [6.45, 7) is -2.35. The van der Waals surface area contributed by atoms with Crippen LogP contribution in [-0.4, -0.2) is 16.6 Å². The molecule has 4 nitrogen and oxygen atoms in total. The fourth-order valence-electron chi connectivity index (χ4n) is 1.41. The Bertz CT molecular complexity index is 494. The van der Waals surface area contributed by atoms with Gasteiger partial charge in [0.05, 0.1) is 6.20 Å². The van der Waals surface area contributed by atoms with E-state index in [1.54, 1.807) is 30.7 Å². The summed E-state index contributed by atoms with van der Waals surface area (Å²) >= 11 is 0. The Hall–Kier alpha value is -2.24. The van der Waals surface area contributed by atoms with Crippen molar-refractivity contribution >= 4 is 5.82 Å². The first-order chi connectivity index (χ1) is 8.74. The quantitative estimate of drug-likeness (QED) is 0.887. The van der Waals surface area contributed by atoms with Crippen LogP contribution in [0.25, 0.3) is 0 Å². The lowest BCUT2D eigenvalue weighted by Gasteiger charge is -2.08. The Morgan fingerprint density at radius 2 is 2.17 bits per heavy atom. The molecule has 1 N–H and O–H groups in total. The standard InChI is InChI=1S/C12H11F2N3O/c13-12(14)18-10-3-1-2-9(6-10)7-17-11-8-15-4-5-16-11/h1-6,8,12H,7H2,(H,16,17). The molecule has 0 unspecified atom stereocenters. The highest BCUT2D eigenvalue weighted by Gasteiger charge is 2.04. The van der Waals surface area contributed by atoms with Crippen LogP contribution in [0.3, 0.4) is 0 Å². The van der Waals surface area contributed by atoms with Gasteiger partial charge in [-0.05, 0) is 17.7 Å². The molecule has 0 saturated carbocycles. The van der Waals surface area contributed by atoms with E-state index in [0.717, 1.165) is 5.56 Å². The van der Waals surface area contributed by atoms with Gasteiger partial charge in [-0.1, -0.05) is 12.1 Å². The Labute approximate surface area is 103 Å². The number of anilines is 1. The first-order valence-electron chi connectivity index (χ1n) is 5.27. The summed E-state index contributed by atoms with van der Waals surface area (Å²) in [6, 6.07) is 6.50. The molecule has 0 saturated heterocycles. The zero-order valence-corrected chi connectivity index (χ0v) is 9.38. The van der Waals surface area contributed by atoms with Crippen LogP contribution >= 0.6 is 0 Å². The summed E-state index contributed by atoms with van der Waals surface area (Å²) in [4.78, 5) is 7.94. The van der Waals surface area contributed by atoms with Gasteiger partial charge in [0.1, 0.15) is 11.6 Å². The molecule has 1 heterocycles. The van der Waals surface area contributed by atoms with Crippen molar-refractivity contribution in [3.05, 3.63) is 48.4 Å². The van der Waals surface area contributed by atoms with Crippen LogP contribution in [0.1, 0.15) is 5.56 Å². The van der Waals surface area contributed by atoms with Crippen LogP contribution in [0.5, 0.6) is 5.75 Å². The van der Waals surface area contributed by atoms with E-state index >= 15 is 0 Å². The fraction of sp³-hybridized carbons (Fsp3) is 0.167. The summed E-state index contributed by atoms with van der Waals surface area (Å²) in [6.07, 6.45) is 4.72. The lowest BCUT2D eigenvalue weighted by Crippen LogP contribution is -2.04. The second-order valence-corrected chi connectivity index (χ2v) is 3.47. The van der Waals surface area contributed by atoms with Gasteiger partial charge in [0.15, 0.2) is 0 Å². The number of ether oxygens (including phenoxy) is 1. The van der Waals surface area contributed by atoms with E-state index in [-0.39, 0.29) is 5.75 Å². The number of halogens is 2. The van der Waals surface area contributed by atoms with E-state index in [1.807, 2.05) is 6.07 Å². The Kier molecular flexibility index (Phi) is 4.01. The van der Waals surface area contributed by atoms with Gasteiger partial charge in [-0.3, -0.25) is 4.98 Å². The van der Waals surface area contributed by atoms with Gasteiger partial charge in [-0.2, -0.15) is 8.78 Å². The molecule has 0 aliphatic rings. The van der Waals surface area contributed by atoms with Crippen molar-refractivity contribution in [2.24, 2.45) is 0 Å². The minimum absolute atomic E-state index is 0.142. The largest absolute Gasteiger partial charge is 0.435 e.